The molecule has 0 atom stereocenters. The molecule has 0 radical (unpaired) electrons. The van der Waals surface area contributed by atoms with Crippen LogP contribution in [0.3, 0.4) is 0 Å². The molecule has 1 heterocycles. The van der Waals surface area contributed by atoms with E-state index in [1.807, 2.05) is 54.6 Å². The molecule has 3 aromatic carbocycles. The van der Waals surface area contributed by atoms with Gasteiger partial charge in [-0.1, -0.05) is 59.6 Å². The maximum absolute atomic E-state index is 11.3. The maximum atomic E-state index is 11.3. The van der Waals surface area contributed by atoms with E-state index in [9.17, 15) is 14.7 Å². The summed E-state index contributed by atoms with van der Waals surface area (Å²) in [6.07, 6.45) is 0.437. The van der Waals surface area contributed by atoms with Gasteiger partial charge in [0.2, 0.25) is 0 Å². The van der Waals surface area contributed by atoms with Gasteiger partial charge < -0.3 is 25.2 Å². The van der Waals surface area contributed by atoms with E-state index < -0.39 is 12.2 Å². The van der Waals surface area contributed by atoms with Gasteiger partial charge in [0.05, 0.1) is 36.9 Å². The van der Waals surface area contributed by atoms with Crippen LogP contribution in [0.4, 0.5) is 21.0 Å². The van der Waals surface area contributed by atoms with Crippen molar-refractivity contribution in [3.05, 3.63) is 101 Å². The molecule has 0 aliphatic carbocycles. The average molecular weight is 701 g/mol. The molecule has 4 rings (SSSR count). The number of halogens is 2. The number of ether oxygens (including phenoxy) is 2. The molecule has 0 aliphatic heterocycles. The predicted octanol–water partition coefficient (Wildman–Crippen LogP) is 7.79. The van der Waals surface area contributed by atoms with Gasteiger partial charge >= 0.3 is 12.2 Å². The fourth-order valence-electron chi connectivity index (χ4n) is 3.94. The lowest BCUT2D eigenvalue weighted by Gasteiger charge is -2.15. The largest absolute Gasteiger partial charge is 0.450 e. The van der Waals surface area contributed by atoms with Crippen molar-refractivity contribution < 1.29 is 24.2 Å². The average Bonchev–Trinajstić information content (AvgIpc) is 3.03. The molecule has 0 fully saturated rings. The zero-order valence-electron chi connectivity index (χ0n) is 24.8. The normalized spacial score (nSPS) is 10.0. The number of hydrogen-bond acceptors (Lipinski definition) is 8. The van der Waals surface area contributed by atoms with E-state index in [4.69, 9.17) is 57.1 Å². The lowest BCUT2D eigenvalue weighted by atomic mass is 9.96. The summed E-state index contributed by atoms with van der Waals surface area (Å²) >= 11 is 21.9. The Morgan fingerprint density at radius 3 is 1.63 bits per heavy atom. The molecular weight excluding hydrogens is 669 g/mol. The number of carbonyl (C=O) groups is 2. The van der Waals surface area contributed by atoms with Crippen LogP contribution in [0.25, 0.3) is 22.4 Å². The number of anilines is 2. The van der Waals surface area contributed by atoms with Crippen molar-refractivity contribution >= 4 is 81.4 Å². The van der Waals surface area contributed by atoms with Crippen molar-refractivity contribution in [1.29, 1.82) is 0 Å². The number of amides is 2. The van der Waals surface area contributed by atoms with Gasteiger partial charge in [-0.05, 0) is 91.9 Å². The molecule has 10 nitrogen and oxygen atoms in total. The Kier molecular flexibility index (Phi) is 14.6. The van der Waals surface area contributed by atoms with E-state index in [0.29, 0.717) is 21.4 Å². The summed E-state index contributed by atoms with van der Waals surface area (Å²) in [6, 6.07) is 23.8. The summed E-state index contributed by atoms with van der Waals surface area (Å²) in [4.78, 5) is 27.1. The van der Waals surface area contributed by atoms with Crippen molar-refractivity contribution in [3.63, 3.8) is 0 Å². The third-order valence-corrected chi connectivity index (χ3v) is 6.80. The number of aliphatic hydroxyl groups is 1. The van der Waals surface area contributed by atoms with Gasteiger partial charge in [0, 0.05) is 27.4 Å². The number of nitrogens with zero attached hydrogens (tertiary/aromatic N) is 1. The molecular formula is C32H31Cl2N5O5S2. The van der Waals surface area contributed by atoms with Gasteiger partial charge in [-0.15, -0.1) is 0 Å². The van der Waals surface area contributed by atoms with Crippen LogP contribution in [0.15, 0.2) is 85.1 Å². The highest BCUT2D eigenvalue weighted by Gasteiger charge is 2.13. The Morgan fingerprint density at radius 1 is 0.739 bits per heavy atom. The molecule has 0 bridgehead atoms. The molecule has 0 unspecified atom stereocenters. The Hall–Kier alpha value is -4.33. The number of rotatable bonds is 7. The van der Waals surface area contributed by atoms with Crippen LogP contribution in [0.1, 0.15) is 19.4 Å². The third-order valence-electron chi connectivity index (χ3n) is 5.89. The summed E-state index contributed by atoms with van der Waals surface area (Å²) in [6.45, 7) is 3.75. The Balaban J connectivity index is 0.000000251. The number of thiocarbonyl (C=S) groups is 2. The Morgan fingerprint density at radius 2 is 1.20 bits per heavy atom. The zero-order chi connectivity index (χ0) is 33.5. The second-order valence-electron chi connectivity index (χ2n) is 9.00. The van der Waals surface area contributed by atoms with E-state index >= 15 is 0 Å². The van der Waals surface area contributed by atoms with Crippen LogP contribution in [-0.4, -0.2) is 45.7 Å². The van der Waals surface area contributed by atoms with E-state index in [1.165, 1.54) is 0 Å². The first-order chi connectivity index (χ1) is 22.1. The van der Waals surface area contributed by atoms with Crippen molar-refractivity contribution in [2.45, 2.75) is 20.5 Å². The number of pyridine rings is 1. The third kappa shape index (κ3) is 11.2. The van der Waals surface area contributed by atoms with E-state index in [2.05, 4.69) is 26.3 Å². The zero-order valence-corrected chi connectivity index (χ0v) is 27.9. The number of alkyl carbamates (subject to hydrolysis) is 2. The molecule has 0 spiro atoms. The number of hydrogen-bond donors (Lipinski definition) is 5. The van der Waals surface area contributed by atoms with Crippen LogP contribution in [-0.2, 0) is 16.1 Å². The van der Waals surface area contributed by atoms with Gasteiger partial charge in [0.25, 0.3) is 0 Å². The summed E-state index contributed by atoms with van der Waals surface area (Å²) < 4.78 is 9.47. The number of benzene rings is 3. The van der Waals surface area contributed by atoms with Crippen LogP contribution in [0.5, 0.6) is 0 Å². The lowest BCUT2D eigenvalue weighted by Crippen LogP contribution is -2.36. The smallest absolute Gasteiger partial charge is 0.413 e. The standard InChI is InChI=1S/C18H13Cl2NO.C14H18N4O4S2/c19-14-5-1-12(2-6-14)16-9-10-21-18(17(16)11-22)13-3-7-15(20)8-4-13;1-3-21-13(19)17-11(23)15-9-7-5-6-8-10(9)16-12(24)18-14(20)22-4-2/h1-10,22H,11H2;5-8H,3-4H2,1-2H3,(H2,15,17,19,23)(H2,16,18,20,24). The molecule has 46 heavy (non-hydrogen) atoms. The van der Waals surface area contributed by atoms with Crippen molar-refractivity contribution in [2.24, 2.45) is 0 Å². The van der Waals surface area contributed by atoms with Crippen LogP contribution in [0, 0.1) is 0 Å². The van der Waals surface area contributed by atoms with Gasteiger partial charge in [-0.2, -0.15) is 0 Å². The number of aromatic nitrogens is 1. The minimum atomic E-state index is -0.653. The van der Waals surface area contributed by atoms with Crippen LogP contribution < -0.4 is 21.3 Å². The molecule has 240 valence electrons. The number of carbonyl (C=O) groups excluding carboxylic acids is 2. The number of aliphatic hydroxyl groups excluding tert-OH is 1. The summed E-state index contributed by atoms with van der Waals surface area (Å²) in [7, 11) is 0. The molecule has 1 aromatic heterocycles. The van der Waals surface area contributed by atoms with Gasteiger partial charge in [0.15, 0.2) is 10.2 Å². The topological polar surface area (TPSA) is 134 Å². The van der Waals surface area contributed by atoms with Gasteiger partial charge in [-0.3, -0.25) is 15.6 Å². The predicted molar refractivity (Wildman–Crippen MR) is 190 cm³/mol. The fourth-order valence-corrected chi connectivity index (χ4v) is 4.58. The second kappa shape index (κ2) is 18.6. The summed E-state index contributed by atoms with van der Waals surface area (Å²) in [5.41, 5.74) is 5.49. The highest BCUT2D eigenvalue weighted by molar-refractivity contribution is 7.80. The first-order valence-corrected chi connectivity index (χ1v) is 15.4. The van der Waals surface area contributed by atoms with E-state index in [0.717, 1.165) is 27.9 Å². The number of nitrogens with one attached hydrogen (secondary N) is 4. The Labute approximate surface area is 287 Å². The first kappa shape index (κ1) is 36.1. The fraction of sp³-hybridized carbons (Fsp3) is 0.156. The molecule has 2 amide bonds. The monoisotopic (exact) mass is 699 g/mol. The maximum Gasteiger partial charge on any atom is 0.413 e. The van der Waals surface area contributed by atoms with Gasteiger partial charge in [0.1, 0.15) is 0 Å². The van der Waals surface area contributed by atoms with Crippen LogP contribution >= 0.6 is 47.6 Å². The number of para-hydroxylation sites is 2. The molecule has 14 heteroatoms. The second-order valence-corrected chi connectivity index (χ2v) is 10.7. The van der Waals surface area contributed by atoms with E-state index in [-0.39, 0.29) is 30.0 Å². The molecule has 0 saturated carbocycles. The Bertz CT molecular complexity index is 1540. The molecule has 5 N–H and O–H groups in total. The SMILES string of the molecule is CCOC(=O)NC(=S)Nc1ccccc1NC(=S)NC(=O)OCC.OCc1c(-c2ccc(Cl)cc2)ccnc1-c1ccc(Cl)cc1. The van der Waals surface area contributed by atoms with Crippen molar-refractivity contribution in [3.8, 4) is 22.4 Å². The quantitative estimate of drug-likeness (QED) is 0.122. The van der Waals surface area contributed by atoms with Crippen molar-refractivity contribution in [2.75, 3.05) is 23.8 Å². The first-order valence-electron chi connectivity index (χ1n) is 13.8. The molecule has 0 aliphatic rings. The van der Waals surface area contributed by atoms with Crippen LogP contribution in [0.2, 0.25) is 10.0 Å². The summed E-state index contributed by atoms with van der Waals surface area (Å²) in [5.74, 6) is 0. The molecule has 0 saturated heterocycles. The van der Waals surface area contributed by atoms with E-state index in [1.54, 1.807) is 44.3 Å². The molecule has 4 aromatic rings. The summed E-state index contributed by atoms with van der Waals surface area (Å²) in [5, 5.41) is 21.7. The highest BCUT2D eigenvalue weighted by atomic mass is 35.5. The minimum Gasteiger partial charge on any atom is -0.450 e. The lowest BCUT2D eigenvalue weighted by molar-refractivity contribution is 0.157. The van der Waals surface area contributed by atoms with Gasteiger partial charge in [-0.25, -0.2) is 9.59 Å². The minimum absolute atomic E-state index is 0.0620. The highest BCUT2D eigenvalue weighted by Crippen LogP contribution is 2.32. The van der Waals surface area contributed by atoms with Crippen molar-refractivity contribution in [1.82, 2.24) is 15.6 Å².